The summed E-state index contributed by atoms with van der Waals surface area (Å²) in [5.41, 5.74) is 7.42. The molecule has 1 aliphatic heterocycles. The standard InChI is InChI=1S/C31H37F2N7O/c1-6-7-8-11-23(32)15-26-25(33)16-24-29(39-18-20(4)36-17-21(39)5)38-31(41)40(30(24)37-26)28-22(10-9-13-34)12-14-35-27(28)19(2)3/h1,7-8,11-12,14,16,19-21,36H,9-10,13,15,17-18,34H2,2-5H3/b8-7-,23-11+/t20-,21+/m1/s1. The highest BCUT2D eigenvalue weighted by Crippen LogP contribution is 2.32. The highest BCUT2D eigenvalue weighted by molar-refractivity contribution is 5.89. The maximum Gasteiger partial charge on any atom is 0.355 e. The van der Waals surface area contributed by atoms with Gasteiger partial charge in [0.1, 0.15) is 17.5 Å². The first-order valence-corrected chi connectivity index (χ1v) is 13.9. The molecular formula is C31H37F2N7O. The molecule has 0 bridgehead atoms. The van der Waals surface area contributed by atoms with Crippen LogP contribution in [0.25, 0.3) is 16.7 Å². The number of aryl methyl sites for hydroxylation is 1. The molecule has 0 unspecified atom stereocenters. The van der Waals surface area contributed by atoms with Crippen molar-refractivity contribution in [1.29, 1.82) is 0 Å². The smallest absolute Gasteiger partial charge is 0.350 e. The predicted octanol–water partition coefficient (Wildman–Crippen LogP) is 4.10. The summed E-state index contributed by atoms with van der Waals surface area (Å²) >= 11 is 0. The van der Waals surface area contributed by atoms with Crippen LogP contribution in [0.1, 0.15) is 57.0 Å². The number of nitrogens with two attached hydrogens (primary N) is 1. The molecule has 3 aromatic heterocycles. The zero-order valence-corrected chi connectivity index (χ0v) is 24.0. The van der Waals surface area contributed by atoms with E-state index in [0.29, 0.717) is 55.1 Å². The number of halogens is 2. The lowest BCUT2D eigenvalue weighted by Crippen LogP contribution is -2.55. The summed E-state index contributed by atoms with van der Waals surface area (Å²) in [6.07, 6.45) is 11.7. The van der Waals surface area contributed by atoms with Crippen molar-refractivity contribution >= 4 is 16.9 Å². The Morgan fingerprint density at radius 2 is 2.12 bits per heavy atom. The molecule has 2 atom stereocenters. The number of hydrogen-bond donors (Lipinski definition) is 2. The minimum atomic E-state index is -0.690. The molecule has 1 aliphatic rings. The number of pyridine rings is 2. The number of fused-ring (bicyclic) bond motifs is 1. The van der Waals surface area contributed by atoms with E-state index in [1.165, 1.54) is 28.9 Å². The lowest BCUT2D eigenvalue weighted by atomic mass is 10.0. The molecule has 0 saturated carbocycles. The van der Waals surface area contributed by atoms with Crippen LogP contribution in [0.2, 0.25) is 0 Å². The molecule has 0 aromatic carbocycles. The highest BCUT2D eigenvalue weighted by atomic mass is 19.1. The van der Waals surface area contributed by atoms with Gasteiger partial charge in [0, 0.05) is 37.8 Å². The number of hydrogen-bond acceptors (Lipinski definition) is 7. The molecule has 1 saturated heterocycles. The first-order chi connectivity index (χ1) is 19.7. The van der Waals surface area contributed by atoms with Crippen molar-refractivity contribution in [1.82, 2.24) is 24.8 Å². The average molecular weight is 562 g/mol. The van der Waals surface area contributed by atoms with E-state index in [0.717, 1.165) is 5.56 Å². The molecule has 10 heteroatoms. The van der Waals surface area contributed by atoms with E-state index < -0.39 is 23.8 Å². The summed E-state index contributed by atoms with van der Waals surface area (Å²) in [5.74, 6) is 1.28. The zero-order chi connectivity index (χ0) is 29.7. The molecule has 3 aromatic rings. The van der Waals surface area contributed by atoms with Crippen LogP contribution in [0.4, 0.5) is 14.6 Å². The van der Waals surface area contributed by atoms with Crippen molar-refractivity contribution in [3.05, 3.63) is 75.6 Å². The van der Waals surface area contributed by atoms with Gasteiger partial charge in [0.2, 0.25) is 0 Å². The Morgan fingerprint density at radius 3 is 2.83 bits per heavy atom. The molecule has 216 valence electrons. The number of allylic oxidation sites excluding steroid dienone is 4. The summed E-state index contributed by atoms with van der Waals surface area (Å²) in [7, 11) is 0. The number of aromatic nitrogens is 4. The third kappa shape index (κ3) is 6.53. The first-order valence-electron chi connectivity index (χ1n) is 13.9. The van der Waals surface area contributed by atoms with E-state index in [4.69, 9.17) is 12.2 Å². The second-order valence-corrected chi connectivity index (χ2v) is 10.7. The molecule has 4 rings (SSSR count). The number of nitrogens with zero attached hydrogens (tertiary/aromatic N) is 5. The molecule has 8 nitrogen and oxygen atoms in total. The van der Waals surface area contributed by atoms with E-state index in [-0.39, 0.29) is 29.3 Å². The van der Waals surface area contributed by atoms with Crippen LogP contribution in [0.5, 0.6) is 0 Å². The minimum Gasteiger partial charge on any atom is -0.350 e. The van der Waals surface area contributed by atoms with Crippen LogP contribution in [0, 0.1) is 18.2 Å². The summed E-state index contributed by atoms with van der Waals surface area (Å²) in [4.78, 5) is 29.7. The first kappa shape index (κ1) is 30.0. The third-order valence-electron chi connectivity index (χ3n) is 7.17. The van der Waals surface area contributed by atoms with Gasteiger partial charge in [0.25, 0.3) is 0 Å². The molecule has 0 amide bonds. The van der Waals surface area contributed by atoms with Gasteiger partial charge in [-0.15, -0.1) is 6.42 Å². The molecule has 4 heterocycles. The van der Waals surface area contributed by atoms with Crippen LogP contribution in [0.3, 0.4) is 0 Å². The highest BCUT2D eigenvalue weighted by Gasteiger charge is 2.29. The topological polar surface area (TPSA) is 102 Å². The van der Waals surface area contributed by atoms with Gasteiger partial charge in [-0.2, -0.15) is 4.98 Å². The van der Waals surface area contributed by atoms with Crippen LogP contribution in [0.15, 0.2) is 47.2 Å². The number of terminal acetylenes is 1. The minimum absolute atomic E-state index is 0.00654. The molecule has 1 fully saturated rings. The Bertz CT molecular complexity index is 1570. The van der Waals surface area contributed by atoms with E-state index >= 15 is 4.39 Å². The molecule has 0 spiro atoms. The molecule has 3 N–H and O–H groups in total. The lowest BCUT2D eigenvalue weighted by Gasteiger charge is -2.38. The Labute approximate surface area is 239 Å². The second kappa shape index (κ2) is 13.1. The van der Waals surface area contributed by atoms with Crippen molar-refractivity contribution in [3.8, 4) is 18.0 Å². The fourth-order valence-electron chi connectivity index (χ4n) is 5.12. The molecule has 0 aliphatic carbocycles. The predicted molar refractivity (Wildman–Crippen MR) is 159 cm³/mol. The quantitative estimate of drug-likeness (QED) is 0.300. The molecule has 41 heavy (non-hydrogen) atoms. The number of anilines is 1. The summed E-state index contributed by atoms with van der Waals surface area (Å²) in [6.45, 7) is 9.74. The van der Waals surface area contributed by atoms with Crippen LogP contribution in [-0.4, -0.2) is 51.2 Å². The number of piperazine rings is 1. The van der Waals surface area contributed by atoms with E-state index in [1.54, 1.807) is 6.20 Å². The van der Waals surface area contributed by atoms with Gasteiger partial charge < -0.3 is 16.0 Å². The summed E-state index contributed by atoms with van der Waals surface area (Å²) in [5, 5.41) is 3.78. The zero-order valence-electron chi connectivity index (χ0n) is 24.0. The van der Waals surface area contributed by atoms with Gasteiger partial charge in [0.05, 0.1) is 22.5 Å². The normalized spacial score (nSPS) is 18.0. The maximum absolute atomic E-state index is 15.6. The average Bonchev–Trinajstić information content (AvgIpc) is 2.93. The molecular weight excluding hydrogens is 524 g/mol. The van der Waals surface area contributed by atoms with Gasteiger partial charge in [0.15, 0.2) is 5.65 Å². The van der Waals surface area contributed by atoms with Gasteiger partial charge in [-0.3, -0.25) is 4.98 Å². The SMILES string of the molecule is C#C/C=C\C=C(\F)Cc1nc2c(cc1F)c(N1C[C@@H](C)NC[C@@H]1C)nc(=O)n2-c1c(CCCN)ccnc1C(C)C. The Morgan fingerprint density at radius 1 is 1.34 bits per heavy atom. The van der Waals surface area contributed by atoms with Crippen LogP contribution in [-0.2, 0) is 12.8 Å². The van der Waals surface area contributed by atoms with E-state index in [1.807, 2.05) is 38.7 Å². The monoisotopic (exact) mass is 561 g/mol. The largest absolute Gasteiger partial charge is 0.355 e. The van der Waals surface area contributed by atoms with Crippen molar-refractivity contribution in [2.75, 3.05) is 24.5 Å². The number of nitrogens with one attached hydrogen (secondary N) is 1. The Hall–Kier alpha value is -3.94. The summed E-state index contributed by atoms with van der Waals surface area (Å²) in [6, 6.07) is 3.29. The van der Waals surface area contributed by atoms with Gasteiger partial charge >= 0.3 is 5.69 Å². The summed E-state index contributed by atoms with van der Waals surface area (Å²) < 4.78 is 31.8. The van der Waals surface area contributed by atoms with Gasteiger partial charge in [-0.1, -0.05) is 25.8 Å². The molecule has 0 radical (unpaired) electrons. The van der Waals surface area contributed by atoms with Crippen molar-refractivity contribution in [2.45, 2.75) is 65.0 Å². The van der Waals surface area contributed by atoms with Crippen molar-refractivity contribution < 1.29 is 8.78 Å². The Balaban J connectivity index is 2.05. The Kier molecular flexibility index (Phi) is 9.63. The maximum atomic E-state index is 15.6. The van der Waals surface area contributed by atoms with Crippen LogP contribution >= 0.6 is 0 Å². The van der Waals surface area contributed by atoms with E-state index in [2.05, 4.69) is 26.2 Å². The van der Waals surface area contributed by atoms with Crippen molar-refractivity contribution in [2.24, 2.45) is 5.73 Å². The third-order valence-corrected chi connectivity index (χ3v) is 7.17. The number of rotatable bonds is 9. The fraction of sp³-hybridized carbons (Fsp3) is 0.419. The van der Waals surface area contributed by atoms with Gasteiger partial charge in [-0.05, 0) is 69.0 Å². The van der Waals surface area contributed by atoms with Crippen molar-refractivity contribution in [3.63, 3.8) is 0 Å². The van der Waals surface area contributed by atoms with E-state index in [9.17, 15) is 9.18 Å². The second-order valence-electron chi connectivity index (χ2n) is 10.7. The van der Waals surface area contributed by atoms with Gasteiger partial charge in [-0.25, -0.2) is 23.1 Å². The van der Waals surface area contributed by atoms with Crippen LogP contribution < -0.4 is 21.6 Å². The fourth-order valence-corrected chi connectivity index (χ4v) is 5.12. The lowest BCUT2D eigenvalue weighted by molar-refractivity contribution is 0.423.